The molecule has 2 aromatic carbocycles. The fourth-order valence-corrected chi connectivity index (χ4v) is 3.89. The van der Waals surface area contributed by atoms with Crippen LogP contribution in [-0.2, 0) is 21.0 Å². The number of anilines is 2. The second-order valence-electron chi connectivity index (χ2n) is 6.26. The molecule has 1 atom stereocenters. The lowest BCUT2D eigenvalue weighted by atomic mass is 10.0. The molecule has 0 saturated carbocycles. The molecule has 0 spiro atoms. The number of rotatable bonds is 5. The van der Waals surface area contributed by atoms with E-state index in [-0.39, 0.29) is 10.6 Å². The van der Waals surface area contributed by atoms with Crippen LogP contribution in [0.25, 0.3) is 0 Å². The van der Waals surface area contributed by atoms with E-state index in [4.69, 9.17) is 4.84 Å². The number of halogens is 4. The average Bonchev–Trinajstić information content (AvgIpc) is 2.68. The van der Waals surface area contributed by atoms with Gasteiger partial charge in [-0.3, -0.25) is 0 Å². The van der Waals surface area contributed by atoms with Gasteiger partial charge in [-0.25, -0.2) is 13.1 Å². The zero-order chi connectivity index (χ0) is 21.2. The molecule has 11 heteroatoms. The van der Waals surface area contributed by atoms with E-state index in [1.165, 1.54) is 37.4 Å². The number of nitrogens with zero attached hydrogens (tertiary/aromatic N) is 1. The summed E-state index contributed by atoms with van der Waals surface area (Å²) < 4.78 is 66.2. The number of nitrogens with one attached hydrogen (secondary N) is 2. The largest absolute Gasteiger partial charge is 0.416 e. The topological polar surface area (TPSA) is 79.8 Å². The van der Waals surface area contributed by atoms with Crippen LogP contribution in [0.5, 0.6) is 0 Å². The molecular weight excluding hydrogens is 475 g/mol. The normalized spacial score (nSPS) is 17.4. The Balaban J connectivity index is 2.02. The Bertz CT molecular complexity index is 1040. The lowest BCUT2D eigenvalue weighted by Gasteiger charge is -2.23. The maximum atomic E-state index is 13.0. The van der Waals surface area contributed by atoms with E-state index in [1.54, 1.807) is 0 Å². The summed E-state index contributed by atoms with van der Waals surface area (Å²) in [6.45, 7) is 0. The van der Waals surface area contributed by atoms with Crippen molar-refractivity contribution in [2.24, 2.45) is 5.16 Å². The van der Waals surface area contributed by atoms with Crippen molar-refractivity contribution in [1.82, 2.24) is 4.72 Å². The van der Waals surface area contributed by atoms with Crippen LogP contribution < -0.4 is 10.0 Å². The molecule has 2 N–H and O–H groups in total. The van der Waals surface area contributed by atoms with Crippen molar-refractivity contribution in [2.45, 2.75) is 30.0 Å². The molecule has 3 rings (SSSR count). The van der Waals surface area contributed by atoms with Gasteiger partial charge in [-0.15, -0.1) is 0 Å². The van der Waals surface area contributed by atoms with Crippen LogP contribution in [0.15, 0.2) is 52.5 Å². The van der Waals surface area contributed by atoms with Crippen LogP contribution in [0.1, 0.15) is 30.1 Å². The fourth-order valence-electron chi connectivity index (χ4n) is 2.82. The predicted molar refractivity (Wildman–Crippen MR) is 107 cm³/mol. The summed E-state index contributed by atoms with van der Waals surface area (Å²) in [4.78, 5) is 5.46. The number of alkyl halides is 3. The summed E-state index contributed by atoms with van der Waals surface area (Å²) in [6, 6.07) is 9.05. The lowest BCUT2D eigenvalue weighted by Crippen LogP contribution is -2.19. The first-order valence-corrected chi connectivity index (χ1v) is 10.8. The molecule has 0 aromatic heterocycles. The second-order valence-corrected chi connectivity index (χ2v) is 9.06. The molecule has 0 saturated heterocycles. The number of hydrogen-bond donors (Lipinski definition) is 2. The minimum atomic E-state index is -4.47. The van der Waals surface area contributed by atoms with E-state index < -0.39 is 27.9 Å². The zero-order valence-corrected chi connectivity index (χ0v) is 17.5. The van der Waals surface area contributed by atoms with Crippen molar-refractivity contribution in [3.63, 3.8) is 0 Å². The quantitative estimate of drug-likeness (QED) is 0.622. The van der Waals surface area contributed by atoms with E-state index in [1.807, 2.05) is 0 Å². The van der Waals surface area contributed by atoms with Crippen molar-refractivity contribution < 1.29 is 26.4 Å². The first kappa shape index (κ1) is 21.6. The van der Waals surface area contributed by atoms with Gasteiger partial charge in [0.25, 0.3) is 0 Å². The molecule has 2 aromatic rings. The Morgan fingerprint density at radius 3 is 2.59 bits per heavy atom. The maximum Gasteiger partial charge on any atom is 0.416 e. The van der Waals surface area contributed by atoms with E-state index in [2.05, 4.69) is 31.1 Å². The SMILES string of the molecule is CNS(=O)(=O)c1ccc(Nc2cccc(C(F)(F)F)c2)c([C@H]2CCC(Br)=NO2)c1. The minimum Gasteiger partial charge on any atom is -0.387 e. The number of hydrogen-bond acceptors (Lipinski definition) is 5. The Morgan fingerprint density at radius 2 is 1.97 bits per heavy atom. The standard InChI is InChI=1S/C18H17BrF3N3O3S/c1-23-29(26,27)13-5-6-15(14(10-13)16-7-8-17(19)25-28-16)24-12-4-2-3-11(9-12)18(20,21)22/h2-6,9-10,16,23-24H,7-8H2,1H3/t16-/m1/s1. The molecule has 0 unspecified atom stereocenters. The molecular formula is C18H17BrF3N3O3S. The third kappa shape index (κ3) is 5.09. The monoisotopic (exact) mass is 491 g/mol. The fraction of sp³-hybridized carbons (Fsp3) is 0.278. The van der Waals surface area contributed by atoms with Gasteiger partial charge in [-0.05, 0) is 65.8 Å². The van der Waals surface area contributed by atoms with Gasteiger partial charge in [0.05, 0.1) is 10.5 Å². The van der Waals surface area contributed by atoms with Crippen LogP contribution in [-0.4, -0.2) is 20.1 Å². The summed E-state index contributed by atoms with van der Waals surface area (Å²) in [5, 5.41) is 6.82. The van der Waals surface area contributed by atoms with Gasteiger partial charge in [0.15, 0.2) is 6.10 Å². The lowest BCUT2D eigenvalue weighted by molar-refractivity contribution is -0.137. The van der Waals surface area contributed by atoms with Crippen molar-refractivity contribution in [1.29, 1.82) is 0 Å². The Labute approximate surface area is 174 Å². The molecule has 0 amide bonds. The first-order chi connectivity index (χ1) is 13.6. The molecule has 156 valence electrons. The Kier molecular flexibility index (Phi) is 6.20. The second kappa shape index (κ2) is 8.33. The van der Waals surface area contributed by atoms with Crippen LogP contribution in [0.2, 0.25) is 0 Å². The van der Waals surface area contributed by atoms with E-state index in [0.717, 1.165) is 12.1 Å². The van der Waals surface area contributed by atoms with Gasteiger partial charge in [0, 0.05) is 23.4 Å². The summed E-state index contributed by atoms with van der Waals surface area (Å²) in [6.07, 6.45) is -3.93. The summed E-state index contributed by atoms with van der Waals surface area (Å²) in [5.41, 5.74) is 0.326. The molecule has 1 aliphatic heterocycles. The highest BCUT2D eigenvalue weighted by Crippen LogP contribution is 2.37. The molecule has 6 nitrogen and oxygen atoms in total. The first-order valence-electron chi connectivity index (χ1n) is 8.50. The number of benzene rings is 2. The van der Waals surface area contributed by atoms with Gasteiger partial charge in [-0.2, -0.15) is 13.2 Å². The van der Waals surface area contributed by atoms with E-state index in [9.17, 15) is 21.6 Å². The van der Waals surface area contributed by atoms with E-state index >= 15 is 0 Å². The van der Waals surface area contributed by atoms with Crippen LogP contribution >= 0.6 is 15.9 Å². The summed E-state index contributed by atoms with van der Waals surface area (Å²) in [5.74, 6) is 0. The predicted octanol–water partition coefficient (Wildman–Crippen LogP) is 4.92. The average molecular weight is 492 g/mol. The van der Waals surface area contributed by atoms with Gasteiger partial charge < -0.3 is 10.2 Å². The van der Waals surface area contributed by atoms with Crippen molar-refractivity contribution in [3.8, 4) is 0 Å². The maximum absolute atomic E-state index is 13.0. The molecule has 0 aliphatic carbocycles. The molecule has 1 aliphatic rings. The van der Waals surface area contributed by atoms with E-state index in [0.29, 0.717) is 28.7 Å². The molecule has 0 fully saturated rings. The van der Waals surface area contributed by atoms with Crippen molar-refractivity contribution in [3.05, 3.63) is 53.6 Å². The van der Waals surface area contributed by atoms with Crippen LogP contribution in [0.3, 0.4) is 0 Å². The molecule has 1 heterocycles. The minimum absolute atomic E-state index is 0.0156. The number of oxime groups is 1. The molecule has 0 bridgehead atoms. The van der Waals surface area contributed by atoms with Crippen molar-refractivity contribution >= 4 is 41.9 Å². The smallest absolute Gasteiger partial charge is 0.387 e. The highest BCUT2D eigenvalue weighted by Gasteiger charge is 2.30. The van der Waals surface area contributed by atoms with Gasteiger partial charge in [0.1, 0.15) is 4.62 Å². The summed E-state index contributed by atoms with van der Waals surface area (Å²) >= 11 is 3.24. The third-order valence-electron chi connectivity index (χ3n) is 4.31. The van der Waals surface area contributed by atoms with Gasteiger partial charge >= 0.3 is 6.18 Å². The third-order valence-corrected chi connectivity index (χ3v) is 6.26. The molecule has 29 heavy (non-hydrogen) atoms. The highest BCUT2D eigenvalue weighted by molar-refractivity contribution is 9.18. The van der Waals surface area contributed by atoms with Gasteiger partial charge in [0.2, 0.25) is 10.0 Å². The van der Waals surface area contributed by atoms with Gasteiger partial charge in [-0.1, -0.05) is 11.2 Å². The Morgan fingerprint density at radius 1 is 1.21 bits per heavy atom. The van der Waals surface area contributed by atoms with Crippen LogP contribution in [0.4, 0.5) is 24.5 Å². The molecule has 0 radical (unpaired) electrons. The van der Waals surface area contributed by atoms with Crippen molar-refractivity contribution in [2.75, 3.05) is 12.4 Å². The highest BCUT2D eigenvalue weighted by atomic mass is 79.9. The zero-order valence-electron chi connectivity index (χ0n) is 15.1. The summed E-state index contributed by atoms with van der Waals surface area (Å²) in [7, 11) is -2.42. The Hall–Kier alpha value is -2.11. The van der Waals surface area contributed by atoms with Crippen LogP contribution in [0, 0.1) is 0 Å². The number of sulfonamides is 1.